The molecule has 0 saturated carbocycles. The van der Waals surface area contributed by atoms with Gasteiger partial charge in [-0.15, -0.1) is 0 Å². The number of amides is 1. The van der Waals surface area contributed by atoms with Gasteiger partial charge in [-0.3, -0.25) is 9.59 Å². The Morgan fingerprint density at radius 1 is 1.11 bits per heavy atom. The average molecular weight is 493 g/mol. The van der Waals surface area contributed by atoms with E-state index in [4.69, 9.17) is 19.2 Å². The summed E-state index contributed by atoms with van der Waals surface area (Å²) in [5.74, 6) is 0.943. The second-order valence-electron chi connectivity index (χ2n) is 9.16. The highest BCUT2D eigenvalue weighted by molar-refractivity contribution is 6.09. The van der Waals surface area contributed by atoms with Gasteiger partial charge in [-0.2, -0.15) is 0 Å². The number of aryl methyl sites for hydroxylation is 1. The van der Waals surface area contributed by atoms with E-state index in [0.29, 0.717) is 54.8 Å². The molecule has 2 aromatic heterocycles. The van der Waals surface area contributed by atoms with Gasteiger partial charge in [0.15, 0.2) is 0 Å². The fraction of sp³-hybridized carbons (Fsp3) is 0.444. The number of anilines is 2. The summed E-state index contributed by atoms with van der Waals surface area (Å²) in [6, 6.07) is 7.46. The third kappa shape index (κ3) is 4.22. The minimum Gasteiger partial charge on any atom is -0.494 e. The lowest BCUT2D eigenvalue weighted by atomic mass is 10.1. The minimum atomic E-state index is -0.244. The van der Waals surface area contributed by atoms with Crippen molar-refractivity contribution in [2.45, 2.75) is 58.9 Å². The fourth-order valence-corrected chi connectivity index (χ4v) is 5.35. The zero-order chi connectivity index (χ0) is 25.4. The van der Waals surface area contributed by atoms with E-state index in [-0.39, 0.29) is 23.6 Å². The topological polar surface area (TPSA) is 106 Å². The summed E-state index contributed by atoms with van der Waals surface area (Å²) in [5.41, 5.74) is 4.15. The van der Waals surface area contributed by atoms with Crippen molar-refractivity contribution >= 4 is 28.3 Å². The molecule has 2 atom stereocenters. The van der Waals surface area contributed by atoms with Gasteiger partial charge in [0, 0.05) is 28.8 Å². The van der Waals surface area contributed by atoms with Crippen LogP contribution in [0, 0.1) is 6.92 Å². The Bertz CT molecular complexity index is 1350. The van der Waals surface area contributed by atoms with Crippen LogP contribution >= 0.6 is 0 Å². The molecule has 190 valence electrons. The predicted octanol–water partition coefficient (Wildman–Crippen LogP) is 3.92. The Balaban J connectivity index is 0.00000130. The van der Waals surface area contributed by atoms with Crippen molar-refractivity contribution in [1.29, 1.82) is 0 Å². The average Bonchev–Trinajstić information content (AvgIpc) is 3.44. The number of hydrogen-bond donors (Lipinski definition) is 2. The van der Waals surface area contributed by atoms with E-state index in [2.05, 4.69) is 15.2 Å². The van der Waals surface area contributed by atoms with E-state index in [1.807, 2.05) is 32.9 Å². The lowest BCUT2D eigenvalue weighted by Crippen LogP contribution is -2.47. The number of pyridine rings is 2. The molecule has 2 fully saturated rings. The van der Waals surface area contributed by atoms with Gasteiger partial charge in [0.2, 0.25) is 5.56 Å². The van der Waals surface area contributed by atoms with Crippen LogP contribution in [-0.2, 0) is 22.7 Å². The molecule has 0 aliphatic carbocycles. The fourth-order valence-electron chi connectivity index (χ4n) is 5.35. The molecule has 2 N–H and O–H groups in total. The molecular weight excluding hydrogens is 460 g/mol. The number of ether oxygens (including phenoxy) is 3. The second-order valence-corrected chi connectivity index (χ2v) is 9.16. The zero-order valence-corrected chi connectivity index (χ0v) is 21.1. The van der Waals surface area contributed by atoms with Gasteiger partial charge in [-0.1, -0.05) is 13.8 Å². The first kappa shape index (κ1) is 24.3. The summed E-state index contributed by atoms with van der Waals surface area (Å²) < 4.78 is 16.9. The van der Waals surface area contributed by atoms with E-state index in [1.54, 1.807) is 6.07 Å². The van der Waals surface area contributed by atoms with Crippen molar-refractivity contribution in [2.75, 3.05) is 30.5 Å². The van der Waals surface area contributed by atoms with E-state index in [1.165, 1.54) is 13.2 Å². The number of nitrogens with one attached hydrogen (secondary N) is 2. The molecular formula is C27H32N4O5. The largest absolute Gasteiger partial charge is 0.494 e. The van der Waals surface area contributed by atoms with Gasteiger partial charge < -0.3 is 29.4 Å². The number of rotatable bonds is 4. The third-order valence-electron chi connectivity index (χ3n) is 7.00. The van der Waals surface area contributed by atoms with Gasteiger partial charge >= 0.3 is 0 Å². The van der Waals surface area contributed by atoms with E-state index >= 15 is 0 Å². The van der Waals surface area contributed by atoms with Crippen LogP contribution < -0.4 is 20.5 Å². The number of carbonyl (C=O) groups excluding carboxylic acids is 1. The number of fused-ring (bicyclic) bond motifs is 4. The first-order valence-corrected chi connectivity index (χ1v) is 12.5. The SMILES string of the molecule is CC.COc1cc(NC(=O)c2cc3c(nc2N2C4CCC2COC4)COC3)cc2c(C)cc(=O)[nH]c12. The number of morpholine rings is 1. The molecule has 9 heteroatoms. The Hall–Kier alpha value is -3.43. The maximum atomic E-state index is 13.6. The molecule has 0 spiro atoms. The van der Waals surface area contributed by atoms with E-state index < -0.39 is 0 Å². The smallest absolute Gasteiger partial charge is 0.259 e. The lowest BCUT2D eigenvalue weighted by molar-refractivity contribution is 0.0896. The van der Waals surface area contributed by atoms with Crippen LogP contribution in [0.2, 0.25) is 0 Å². The molecule has 0 radical (unpaired) electrons. The normalized spacial score (nSPS) is 20.1. The van der Waals surface area contributed by atoms with Crippen molar-refractivity contribution < 1.29 is 19.0 Å². The number of carbonyl (C=O) groups is 1. The third-order valence-corrected chi connectivity index (χ3v) is 7.00. The Kier molecular flexibility index (Phi) is 6.68. The minimum absolute atomic E-state index is 0.198. The first-order valence-electron chi connectivity index (χ1n) is 12.5. The lowest BCUT2D eigenvalue weighted by Gasteiger charge is -2.36. The summed E-state index contributed by atoms with van der Waals surface area (Å²) in [6.45, 7) is 8.07. The maximum absolute atomic E-state index is 13.6. The molecule has 1 amide bonds. The maximum Gasteiger partial charge on any atom is 0.259 e. The second kappa shape index (κ2) is 9.91. The molecule has 3 aromatic rings. The Labute approximate surface area is 209 Å². The highest BCUT2D eigenvalue weighted by Crippen LogP contribution is 2.37. The zero-order valence-electron chi connectivity index (χ0n) is 21.1. The van der Waals surface area contributed by atoms with E-state index in [0.717, 1.165) is 35.0 Å². The van der Waals surface area contributed by atoms with Crippen LogP contribution in [0.5, 0.6) is 5.75 Å². The van der Waals surface area contributed by atoms with Gasteiger partial charge in [-0.25, -0.2) is 4.98 Å². The van der Waals surface area contributed by atoms with Gasteiger partial charge in [0.1, 0.15) is 11.6 Å². The van der Waals surface area contributed by atoms with Crippen molar-refractivity contribution in [3.05, 3.63) is 57.0 Å². The number of aromatic nitrogens is 2. The number of benzene rings is 1. The van der Waals surface area contributed by atoms with Crippen LogP contribution in [0.3, 0.4) is 0 Å². The van der Waals surface area contributed by atoms with Crippen molar-refractivity contribution in [2.24, 2.45) is 0 Å². The van der Waals surface area contributed by atoms with E-state index in [9.17, 15) is 9.59 Å². The summed E-state index contributed by atoms with van der Waals surface area (Å²) in [6.07, 6.45) is 2.06. The summed E-state index contributed by atoms with van der Waals surface area (Å²) in [5, 5.41) is 3.84. The molecule has 3 aliphatic heterocycles. The standard InChI is InChI=1S/C25H26N4O5.C2H6/c1-13-5-22(30)28-23-18(13)7-15(8-21(23)32-2)26-25(31)19-6-14-9-33-12-20(14)27-24(19)29-16-3-4-17(29)11-34-10-16;1-2/h5-8,16-17H,3-4,9-12H2,1-2H3,(H,26,31)(H,28,30);1-2H3. The summed E-state index contributed by atoms with van der Waals surface area (Å²) in [4.78, 5) is 35.6. The number of aromatic amines is 1. The van der Waals surface area contributed by atoms with Gasteiger partial charge in [0.05, 0.1) is 62.4 Å². The van der Waals surface area contributed by atoms with Crippen LogP contribution in [0.15, 0.2) is 29.1 Å². The van der Waals surface area contributed by atoms with Crippen molar-refractivity contribution in [1.82, 2.24) is 9.97 Å². The predicted molar refractivity (Wildman–Crippen MR) is 138 cm³/mol. The highest BCUT2D eigenvalue weighted by atomic mass is 16.5. The van der Waals surface area contributed by atoms with Crippen LogP contribution in [0.25, 0.3) is 10.9 Å². The molecule has 6 rings (SSSR count). The molecule has 2 saturated heterocycles. The Morgan fingerprint density at radius 2 is 1.86 bits per heavy atom. The first-order chi connectivity index (χ1) is 17.5. The summed E-state index contributed by atoms with van der Waals surface area (Å²) >= 11 is 0. The highest BCUT2D eigenvalue weighted by Gasteiger charge is 2.40. The monoisotopic (exact) mass is 492 g/mol. The van der Waals surface area contributed by atoms with Crippen LogP contribution in [-0.4, -0.2) is 48.3 Å². The van der Waals surface area contributed by atoms with Crippen molar-refractivity contribution in [3.63, 3.8) is 0 Å². The van der Waals surface area contributed by atoms with Crippen molar-refractivity contribution in [3.8, 4) is 5.75 Å². The summed E-state index contributed by atoms with van der Waals surface area (Å²) in [7, 11) is 1.54. The molecule has 1 aromatic carbocycles. The quantitative estimate of drug-likeness (QED) is 0.569. The van der Waals surface area contributed by atoms with Crippen LogP contribution in [0.4, 0.5) is 11.5 Å². The molecule has 2 unspecified atom stereocenters. The number of methoxy groups -OCH3 is 1. The number of hydrogen-bond acceptors (Lipinski definition) is 7. The van der Waals surface area contributed by atoms with Crippen LogP contribution in [0.1, 0.15) is 53.9 Å². The molecule has 9 nitrogen and oxygen atoms in total. The molecule has 36 heavy (non-hydrogen) atoms. The number of nitrogens with zero attached hydrogens (tertiary/aromatic N) is 2. The number of H-pyrrole nitrogens is 1. The molecule has 3 aliphatic rings. The Morgan fingerprint density at radius 3 is 2.58 bits per heavy atom. The van der Waals surface area contributed by atoms with Gasteiger partial charge in [-0.05, 0) is 37.5 Å². The van der Waals surface area contributed by atoms with Gasteiger partial charge in [0.25, 0.3) is 5.91 Å². The molecule has 5 heterocycles. The molecule has 2 bridgehead atoms.